The molecular weight excluding hydrogens is 257 g/mol. The largest absolute Gasteiger partial charge is 0.480 e. The summed E-state index contributed by atoms with van der Waals surface area (Å²) in [4.78, 5) is 11.0. The van der Waals surface area contributed by atoms with Crippen LogP contribution >= 0.6 is 11.6 Å². The van der Waals surface area contributed by atoms with Crippen LogP contribution in [0, 0.1) is 11.7 Å². The zero-order valence-corrected chi connectivity index (χ0v) is 11.2. The summed E-state index contributed by atoms with van der Waals surface area (Å²) in [6, 6.07) is 3.83. The topological polar surface area (TPSA) is 49.3 Å². The highest BCUT2D eigenvalue weighted by Crippen LogP contribution is 2.15. The van der Waals surface area contributed by atoms with E-state index in [1.807, 2.05) is 13.8 Å². The highest BCUT2D eigenvalue weighted by atomic mass is 35.5. The molecule has 0 aromatic heterocycles. The van der Waals surface area contributed by atoms with Gasteiger partial charge in [0.2, 0.25) is 0 Å². The number of carboxylic acid groups (broad SMARTS) is 1. The minimum atomic E-state index is -0.891. The molecule has 0 amide bonds. The Bertz CT molecular complexity index is 423. The predicted octanol–water partition coefficient (Wildman–Crippen LogP) is 3.07. The Morgan fingerprint density at radius 2 is 2.17 bits per heavy atom. The number of hydrogen-bond donors (Lipinski definition) is 2. The van der Waals surface area contributed by atoms with E-state index in [9.17, 15) is 9.18 Å². The second kappa shape index (κ2) is 6.71. The van der Waals surface area contributed by atoms with E-state index >= 15 is 0 Å². The van der Waals surface area contributed by atoms with Crippen molar-refractivity contribution in [1.82, 2.24) is 5.32 Å². The van der Waals surface area contributed by atoms with Gasteiger partial charge in [0.15, 0.2) is 0 Å². The van der Waals surface area contributed by atoms with E-state index in [4.69, 9.17) is 16.7 Å². The Morgan fingerprint density at radius 3 is 2.67 bits per heavy atom. The molecule has 0 fully saturated rings. The standard InChI is InChI=1S/C13H17ClFNO2/c1-8(2)5-12(13(17)18)16-7-9-3-4-10(14)11(15)6-9/h3-4,6,8,12,16H,5,7H2,1-2H3,(H,17,18). The average Bonchev–Trinajstić information content (AvgIpc) is 2.28. The van der Waals surface area contributed by atoms with Crippen molar-refractivity contribution in [2.75, 3.05) is 0 Å². The Labute approximate surface area is 111 Å². The van der Waals surface area contributed by atoms with E-state index in [1.165, 1.54) is 12.1 Å². The molecule has 18 heavy (non-hydrogen) atoms. The van der Waals surface area contributed by atoms with E-state index in [1.54, 1.807) is 6.07 Å². The fraction of sp³-hybridized carbons (Fsp3) is 0.462. The summed E-state index contributed by atoms with van der Waals surface area (Å²) >= 11 is 5.57. The third-order valence-corrected chi connectivity index (χ3v) is 2.85. The third kappa shape index (κ3) is 4.63. The van der Waals surface area contributed by atoms with E-state index in [2.05, 4.69) is 5.32 Å². The van der Waals surface area contributed by atoms with Crippen LogP contribution in [0.4, 0.5) is 4.39 Å². The van der Waals surface area contributed by atoms with Crippen LogP contribution in [-0.2, 0) is 11.3 Å². The first kappa shape index (κ1) is 14.9. The van der Waals surface area contributed by atoms with Gasteiger partial charge in [-0.05, 0) is 30.0 Å². The lowest BCUT2D eigenvalue weighted by Crippen LogP contribution is -2.37. The summed E-state index contributed by atoms with van der Waals surface area (Å²) < 4.78 is 13.2. The molecule has 2 N–H and O–H groups in total. The number of benzene rings is 1. The minimum Gasteiger partial charge on any atom is -0.480 e. The molecule has 0 radical (unpaired) electrons. The van der Waals surface area contributed by atoms with Gasteiger partial charge in [-0.25, -0.2) is 4.39 Å². The lowest BCUT2D eigenvalue weighted by atomic mass is 10.0. The monoisotopic (exact) mass is 273 g/mol. The molecule has 1 aromatic rings. The quantitative estimate of drug-likeness (QED) is 0.837. The summed E-state index contributed by atoms with van der Waals surface area (Å²) in [6.45, 7) is 4.22. The molecule has 0 heterocycles. The van der Waals surface area contributed by atoms with E-state index < -0.39 is 17.8 Å². The zero-order valence-electron chi connectivity index (χ0n) is 10.4. The normalized spacial score (nSPS) is 12.7. The summed E-state index contributed by atoms with van der Waals surface area (Å²) in [5.74, 6) is -1.11. The van der Waals surface area contributed by atoms with Gasteiger partial charge in [-0.2, -0.15) is 0 Å². The van der Waals surface area contributed by atoms with Gasteiger partial charge in [-0.3, -0.25) is 4.79 Å². The highest BCUT2D eigenvalue weighted by Gasteiger charge is 2.18. The summed E-state index contributed by atoms with van der Waals surface area (Å²) in [7, 11) is 0. The summed E-state index contributed by atoms with van der Waals surface area (Å²) in [5, 5.41) is 12.0. The number of aliphatic carboxylic acids is 1. The first-order chi connectivity index (χ1) is 8.40. The molecule has 0 aliphatic rings. The molecule has 1 unspecified atom stereocenters. The molecule has 0 saturated heterocycles. The van der Waals surface area contributed by atoms with Gasteiger partial charge >= 0.3 is 5.97 Å². The van der Waals surface area contributed by atoms with Gasteiger partial charge in [-0.1, -0.05) is 31.5 Å². The maximum Gasteiger partial charge on any atom is 0.320 e. The fourth-order valence-corrected chi connectivity index (χ4v) is 1.75. The zero-order chi connectivity index (χ0) is 13.7. The predicted molar refractivity (Wildman–Crippen MR) is 69.1 cm³/mol. The van der Waals surface area contributed by atoms with Gasteiger partial charge < -0.3 is 10.4 Å². The van der Waals surface area contributed by atoms with Gasteiger partial charge in [0.05, 0.1) is 5.02 Å². The molecule has 3 nitrogen and oxygen atoms in total. The maximum absolute atomic E-state index is 13.2. The second-order valence-corrected chi connectivity index (χ2v) is 5.06. The third-order valence-electron chi connectivity index (χ3n) is 2.54. The van der Waals surface area contributed by atoms with Gasteiger partial charge in [0.1, 0.15) is 11.9 Å². The van der Waals surface area contributed by atoms with Crippen molar-refractivity contribution in [2.24, 2.45) is 5.92 Å². The molecule has 0 spiro atoms. The van der Waals surface area contributed by atoms with Crippen molar-refractivity contribution in [1.29, 1.82) is 0 Å². The van der Waals surface area contributed by atoms with Gasteiger partial charge in [0, 0.05) is 6.54 Å². The summed E-state index contributed by atoms with van der Waals surface area (Å²) in [5.41, 5.74) is 0.673. The highest BCUT2D eigenvalue weighted by molar-refractivity contribution is 6.30. The van der Waals surface area contributed by atoms with Crippen molar-refractivity contribution in [3.8, 4) is 0 Å². The van der Waals surface area contributed by atoms with E-state index in [0.29, 0.717) is 18.5 Å². The number of nitrogens with one attached hydrogen (secondary N) is 1. The number of rotatable bonds is 6. The SMILES string of the molecule is CC(C)CC(NCc1ccc(Cl)c(F)c1)C(=O)O. The van der Waals surface area contributed by atoms with Crippen LogP contribution < -0.4 is 5.32 Å². The smallest absolute Gasteiger partial charge is 0.320 e. The van der Waals surface area contributed by atoms with Crippen LogP contribution in [0.15, 0.2) is 18.2 Å². The Hall–Kier alpha value is -1.13. The number of carbonyl (C=O) groups is 1. The Morgan fingerprint density at radius 1 is 1.50 bits per heavy atom. The van der Waals surface area contributed by atoms with Gasteiger partial charge in [-0.15, -0.1) is 0 Å². The van der Waals surface area contributed by atoms with Crippen molar-refractivity contribution >= 4 is 17.6 Å². The molecule has 1 rings (SSSR count). The Kier molecular flexibility index (Phi) is 5.56. The number of hydrogen-bond acceptors (Lipinski definition) is 2. The fourth-order valence-electron chi connectivity index (χ4n) is 1.63. The van der Waals surface area contributed by atoms with Gasteiger partial charge in [0.25, 0.3) is 0 Å². The molecule has 5 heteroatoms. The van der Waals surface area contributed by atoms with Crippen molar-refractivity contribution in [3.63, 3.8) is 0 Å². The van der Waals surface area contributed by atoms with Crippen LogP contribution in [0.3, 0.4) is 0 Å². The molecule has 100 valence electrons. The van der Waals surface area contributed by atoms with E-state index in [0.717, 1.165) is 0 Å². The average molecular weight is 274 g/mol. The minimum absolute atomic E-state index is 0.0655. The maximum atomic E-state index is 13.2. The van der Waals surface area contributed by atoms with Crippen molar-refractivity contribution < 1.29 is 14.3 Å². The molecule has 0 aliphatic heterocycles. The first-order valence-electron chi connectivity index (χ1n) is 5.80. The molecular formula is C13H17ClFNO2. The lowest BCUT2D eigenvalue weighted by Gasteiger charge is -2.16. The molecule has 1 aromatic carbocycles. The summed E-state index contributed by atoms with van der Waals surface area (Å²) in [6.07, 6.45) is 0.533. The van der Waals surface area contributed by atoms with E-state index in [-0.39, 0.29) is 10.9 Å². The van der Waals surface area contributed by atoms with Crippen molar-refractivity contribution in [3.05, 3.63) is 34.6 Å². The molecule has 0 saturated carbocycles. The number of carboxylic acids is 1. The molecule has 0 aliphatic carbocycles. The number of halogens is 2. The molecule has 0 bridgehead atoms. The van der Waals surface area contributed by atoms with Crippen LogP contribution in [-0.4, -0.2) is 17.1 Å². The molecule has 1 atom stereocenters. The lowest BCUT2D eigenvalue weighted by molar-refractivity contribution is -0.140. The van der Waals surface area contributed by atoms with Crippen LogP contribution in [0.2, 0.25) is 5.02 Å². The van der Waals surface area contributed by atoms with Crippen molar-refractivity contribution in [2.45, 2.75) is 32.9 Å². The Balaban J connectivity index is 2.61. The van der Waals surface area contributed by atoms with Crippen LogP contribution in [0.25, 0.3) is 0 Å². The first-order valence-corrected chi connectivity index (χ1v) is 6.18. The van der Waals surface area contributed by atoms with Crippen LogP contribution in [0.5, 0.6) is 0 Å². The van der Waals surface area contributed by atoms with Crippen LogP contribution in [0.1, 0.15) is 25.8 Å². The second-order valence-electron chi connectivity index (χ2n) is 4.65.